The van der Waals surface area contributed by atoms with Crippen molar-refractivity contribution in [3.05, 3.63) is 48.5 Å². The van der Waals surface area contributed by atoms with Crippen molar-refractivity contribution in [2.45, 2.75) is 9.79 Å². The second-order valence-electron chi connectivity index (χ2n) is 4.72. The first-order valence-corrected chi connectivity index (χ1v) is 8.72. The van der Waals surface area contributed by atoms with Crippen molar-refractivity contribution in [3.63, 3.8) is 0 Å². The monoisotopic (exact) mass is 316 g/mol. The number of amides is 1. The molecular weight excluding hydrogens is 300 g/mol. The smallest absolute Gasteiger partial charge is 0.237 e. The van der Waals surface area contributed by atoms with Crippen molar-refractivity contribution in [2.75, 3.05) is 28.7 Å². The minimum atomic E-state index is 0.148. The van der Waals surface area contributed by atoms with Gasteiger partial charge in [-0.2, -0.15) is 0 Å². The van der Waals surface area contributed by atoms with Crippen LogP contribution >= 0.6 is 23.5 Å². The molecule has 0 atom stereocenters. The summed E-state index contributed by atoms with van der Waals surface area (Å²) >= 11 is 3.34. The summed E-state index contributed by atoms with van der Waals surface area (Å²) in [6, 6.07) is 15.7. The Hall–Kier alpha value is -1.59. The van der Waals surface area contributed by atoms with Crippen molar-refractivity contribution in [1.29, 1.82) is 0 Å². The number of anilines is 2. The van der Waals surface area contributed by atoms with Gasteiger partial charge in [0.25, 0.3) is 0 Å². The third kappa shape index (κ3) is 3.36. The number of rotatable bonds is 3. The third-order valence-corrected chi connectivity index (χ3v) is 5.27. The number of carbonyl (C=O) groups excluding carboxylic acids is 1. The lowest BCUT2D eigenvalue weighted by atomic mass is 10.3. The van der Waals surface area contributed by atoms with Gasteiger partial charge in [0.1, 0.15) is 0 Å². The van der Waals surface area contributed by atoms with E-state index in [2.05, 4.69) is 6.07 Å². The van der Waals surface area contributed by atoms with E-state index >= 15 is 0 Å². The van der Waals surface area contributed by atoms with Crippen LogP contribution in [0.2, 0.25) is 0 Å². The molecule has 2 N–H and O–H groups in total. The summed E-state index contributed by atoms with van der Waals surface area (Å²) in [5.74, 6) is 1.53. The Kier molecular flexibility index (Phi) is 4.41. The molecule has 1 heterocycles. The van der Waals surface area contributed by atoms with Gasteiger partial charge >= 0.3 is 0 Å². The Morgan fingerprint density at radius 3 is 2.95 bits per heavy atom. The molecule has 0 bridgehead atoms. The standard InChI is InChI=1S/C16H16N2OS2/c17-12-4-3-5-13(10-12)21-11-16(19)18-8-9-20-15-7-2-1-6-14(15)18/h1-7,10H,8-9,11,17H2. The van der Waals surface area contributed by atoms with E-state index in [9.17, 15) is 4.79 Å². The summed E-state index contributed by atoms with van der Waals surface area (Å²) < 4.78 is 0. The molecule has 0 spiro atoms. The van der Waals surface area contributed by atoms with E-state index < -0.39 is 0 Å². The number of nitrogens with zero attached hydrogens (tertiary/aromatic N) is 1. The predicted molar refractivity (Wildman–Crippen MR) is 91.1 cm³/mol. The van der Waals surface area contributed by atoms with Gasteiger partial charge in [-0.3, -0.25) is 4.79 Å². The number of fused-ring (bicyclic) bond motifs is 1. The quantitative estimate of drug-likeness (QED) is 0.695. The van der Waals surface area contributed by atoms with E-state index in [0.29, 0.717) is 5.75 Å². The van der Waals surface area contributed by atoms with E-state index in [1.165, 1.54) is 16.7 Å². The number of hydrogen-bond donors (Lipinski definition) is 1. The van der Waals surface area contributed by atoms with E-state index in [-0.39, 0.29) is 5.91 Å². The molecule has 0 saturated heterocycles. The number of hydrogen-bond acceptors (Lipinski definition) is 4. The zero-order valence-electron chi connectivity index (χ0n) is 11.5. The highest BCUT2D eigenvalue weighted by atomic mass is 32.2. The molecular formula is C16H16N2OS2. The molecule has 21 heavy (non-hydrogen) atoms. The number of benzene rings is 2. The fraction of sp³-hybridized carbons (Fsp3) is 0.188. The van der Waals surface area contributed by atoms with E-state index in [4.69, 9.17) is 5.73 Å². The van der Waals surface area contributed by atoms with E-state index in [1.807, 2.05) is 59.1 Å². The SMILES string of the molecule is Nc1cccc(SCC(=O)N2CCSc3ccccc32)c1. The first-order chi connectivity index (χ1) is 10.2. The lowest BCUT2D eigenvalue weighted by molar-refractivity contribution is -0.116. The van der Waals surface area contributed by atoms with Gasteiger partial charge in [0.15, 0.2) is 0 Å². The van der Waals surface area contributed by atoms with Crippen molar-refractivity contribution in [3.8, 4) is 0 Å². The van der Waals surface area contributed by atoms with Gasteiger partial charge in [-0.15, -0.1) is 23.5 Å². The predicted octanol–water partition coefficient (Wildman–Crippen LogP) is 3.50. The fourth-order valence-electron chi connectivity index (χ4n) is 2.26. The van der Waals surface area contributed by atoms with Crippen molar-refractivity contribution in [2.24, 2.45) is 0 Å². The molecule has 1 aliphatic rings. The molecule has 108 valence electrons. The molecule has 1 amide bonds. The maximum absolute atomic E-state index is 12.5. The third-order valence-electron chi connectivity index (χ3n) is 3.25. The Balaban J connectivity index is 1.69. The number of thioether (sulfide) groups is 2. The molecule has 0 fully saturated rings. The zero-order chi connectivity index (χ0) is 14.7. The molecule has 5 heteroatoms. The summed E-state index contributed by atoms with van der Waals surface area (Å²) in [6.45, 7) is 0.776. The molecule has 3 nitrogen and oxygen atoms in total. The van der Waals surface area contributed by atoms with Crippen LogP contribution in [0, 0.1) is 0 Å². The topological polar surface area (TPSA) is 46.3 Å². The van der Waals surface area contributed by atoms with Gasteiger partial charge in [-0.05, 0) is 30.3 Å². The summed E-state index contributed by atoms with van der Waals surface area (Å²) in [6.07, 6.45) is 0. The van der Waals surface area contributed by atoms with Crippen LogP contribution in [0.3, 0.4) is 0 Å². The number of para-hydroxylation sites is 1. The van der Waals surface area contributed by atoms with Gasteiger partial charge < -0.3 is 10.6 Å². The van der Waals surface area contributed by atoms with Crippen LogP contribution in [0.15, 0.2) is 58.3 Å². The first-order valence-electron chi connectivity index (χ1n) is 6.74. The molecule has 0 aromatic heterocycles. The van der Waals surface area contributed by atoms with Crippen LogP contribution in [0.4, 0.5) is 11.4 Å². The minimum Gasteiger partial charge on any atom is -0.399 e. The first kappa shape index (κ1) is 14.4. The highest BCUT2D eigenvalue weighted by molar-refractivity contribution is 8.00. The Bertz CT molecular complexity index is 660. The Morgan fingerprint density at radius 2 is 2.10 bits per heavy atom. The second-order valence-corrected chi connectivity index (χ2v) is 6.91. The van der Waals surface area contributed by atoms with Crippen molar-refractivity contribution >= 4 is 40.8 Å². The molecule has 0 saturated carbocycles. The molecule has 1 aliphatic heterocycles. The van der Waals surface area contributed by atoms with Crippen LogP contribution in [-0.4, -0.2) is 24.0 Å². The van der Waals surface area contributed by atoms with Crippen LogP contribution in [0.1, 0.15) is 0 Å². The average molecular weight is 316 g/mol. The zero-order valence-corrected chi connectivity index (χ0v) is 13.1. The van der Waals surface area contributed by atoms with Crippen LogP contribution < -0.4 is 10.6 Å². The van der Waals surface area contributed by atoms with Gasteiger partial charge in [0.2, 0.25) is 5.91 Å². The van der Waals surface area contributed by atoms with E-state index in [1.54, 1.807) is 0 Å². The van der Waals surface area contributed by atoms with E-state index in [0.717, 1.165) is 28.6 Å². The number of nitrogens with two attached hydrogens (primary N) is 1. The van der Waals surface area contributed by atoms with Crippen LogP contribution in [-0.2, 0) is 4.79 Å². The highest BCUT2D eigenvalue weighted by Gasteiger charge is 2.22. The molecule has 3 rings (SSSR count). The molecule has 0 aliphatic carbocycles. The maximum Gasteiger partial charge on any atom is 0.237 e. The fourth-order valence-corrected chi connectivity index (χ4v) is 4.09. The minimum absolute atomic E-state index is 0.148. The van der Waals surface area contributed by atoms with Crippen LogP contribution in [0.25, 0.3) is 0 Å². The lowest BCUT2D eigenvalue weighted by Gasteiger charge is -2.28. The van der Waals surface area contributed by atoms with Gasteiger partial charge in [0, 0.05) is 27.8 Å². The molecule has 0 radical (unpaired) electrons. The summed E-state index contributed by atoms with van der Waals surface area (Å²) in [5, 5.41) is 0. The Morgan fingerprint density at radius 1 is 1.24 bits per heavy atom. The average Bonchev–Trinajstić information content (AvgIpc) is 2.52. The van der Waals surface area contributed by atoms with Crippen molar-refractivity contribution < 1.29 is 4.79 Å². The molecule has 2 aromatic rings. The molecule has 0 unspecified atom stereocenters. The lowest BCUT2D eigenvalue weighted by Crippen LogP contribution is -2.36. The molecule has 2 aromatic carbocycles. The second kappa shape index (κ2) is 6.45. The van der Waals surface area contributed by atoms with Gasteiger partial charge in [0.05, 0.1) is 11.4 Å². The maximum atomic E-state index is 12.5. The van der Waals surface area contributed by atoms with Gasteiger partial charge in [-0.1, -0.05) is 18.2 Å². The Labute approximate surface area is 132 Å². The number of nitrogen functional groups attached to an aromatic ring is 1. The summed E-state index contributed by atoms with van der Waals surface area (Å²) in [5.41, 5.74) is 7.52. The largest absolute Gasteiger partial charge is 0.399 e. The van der Waals surface area contributed by atoms with Crippen LogP contribution in [0.5, 0.6) is 0 Å². The van der Waals surface area contributed by atoms with Crippen molar-refractivity contribution in [1.82, 2.24) is 0 Å². The summed E-state index contributed by atoms with van der Waals surface area (Å²) in [4.78, 5) is 16.6. The van der Waals surface area contributed by atoms with Gasteiger partial charge in [-0.25, -0.2) is 0 Å². The normalized spacial score (nSPS) is 13.8. The summed E-state index contributed by atoms with van der Waals surface area (Å²) in [7, 11) is 0. The highest BCUT2D eigenvalue weighted by Crippen LogP contribution is 2.34. The number of carbonyl (C=O) groups is 1.